The Hall–Kier alpha value is -1.74. The van der Waals surface area contributed by atoms with Crippen LogP contribution in [0.4, 0.5) is 5.69 Å². The average Bonchev–Trinajstić information content (AvgIpc) is 2.25. The summed E-state index contributed by atoms with van der Waals surface area (Å²) in [5, 5.41) is 0.374. The fourth-order valence-corrected chi connectivity index (χ4v) is 1.47. The van der Waals surface area contributed by atoms with Crippen molar-refractivity contribution in [2.45, 2.75) is 0 Å². The van der Waals surface area contributed by atoms with Crippen molar-refractivity contribution in [1.82, 2.24) is 4.57 Å². The van der Waals surface area contributed by atoms with E-state index in [1.165, 1.54) is 16.8 Å². The highest BCUT2D eigenvalue weighted by atomic mass is 35.5. The summed E-state index contributed by atoms with van der Waals surface area (Å²) in [4.78, 5) is 11.6. The van der Waals surface area contributed by atoms with Crippen LogP contribution in [0.3, 0.4) is 0 Å². The Balaban J connectivity index is 2.65. The van der Waals surface area contributed by atoms with E-state index in [-0.39, 0.29) is 5.56 Å². The van der Waals surface area contributed by atoms with Crippen LogP contribution < -0.4 is 11.3 Å². The second-order valence-electron chi connectivity index (χ2n) is 3.12. The molecule has 2 aromatic rings. The molecule has 0 saturated carbocycles. The van der Waals surface area contributed by atoms with Gasteiger partial charge in [0.15, 0.2) is 0 Å². The molecular weight excluding hydrogens is 212 g/mol. The number of nitrogens with zero attached hydrogens (tertiary/aromatic N) is 1. The van der Waals surface area contributed by atoms with E-state index >= 15 is 0 Å². The van der Waals surface area contributed by atoms with Gasteiger partial charge < -0.3 is 5.73 Å². The lowest BCUT2D eigenvalue weighted by Crippen LogP contribution is -2.17. The molecule has 2 rings (SSSR count). The minimum absolute atomic E-state index is 0.192. The van der Waals surface area contributed by atoms with Gasteiger partial charge in [0.25, 0.3) is 5.56 Å². The summed E-state index contributed by atoms with van der Waals surface area (Å²) in [7, 11) is 0. The SMILES string of the molecule is Nc1cc(=O)n(-c2ccccc2)cc1Cl. The standard InChI is InChI=1S/C11H9ClN2O/c12-9-7-14(11(15)6-10(9)13)8-4-2-1-3-5-8/h1-7H,13H2. The fraction of sp³-hybridized carbons (Fsp3) is 0. The van der Waals surface area contributed by atoms with Crippen molar-refractivity contribution in [1.29, 1.82) is 0 Å². The molecule has 0 bridgehead atoms. The van der Waals surface area contributed by atoms with Gasteiger partial charge in [0.05, 0.1) is 10.7 Å². The smallest absolute Gasteiger partial charge is 0.257 e. The first kappa shape index (κ1) is 9.80. The minimum atomic E-state index is -0.192. The van der Waals surface area contributed by atoms with Gasteiger partial charge in [-0.15, -0.1) is 0 Å². The molecule has 0 amide bonds. The van der Waals surface area contributed by atoms with Gasteiger partial charge in [0.1, 0.15) is 0 Å². The molecule has 0 saturated heterocycles. The molecule has 76 valence electrons. The van der Waals surface area contributed by atoms with Gasteiger partial charge in [0.2, 0.25) is 0 Å². The highest BCUT2D eigenvalue weighted by Crippen LogP contribution is 2.16. The Morgan fingerprint density at radius 3 is 2.53 bits per heavy atom. The van der Waals surface area contributed by atoms with Gasteiger partial charge in [-0.2, -0.15) is 0 Å². The van der Waals surface area contributed by atoms with Crippen molar-refractivity contribution in [2.75, 3.05) is 5.73 Å². The molecule has 0 unspecified atom stereocenters. The van der Waals surface area contributed by atoms with E-state index in [4.69, 9.17) is 17.3 Å². The van der Waals surface area contributed by atoms with Crippen LogP contribution in [0.15, 0.2) is 47.4 Å². The number of hydrogen-bond acceptors (Lipinski definition) is 2. The molecular formula is C11H9ClN2O. The summed E-state index contributed by atoms with van der Waals surface area (Å²) in [6, 6.07) is 10.6. The Labute approximate surface area is 91.7 Å². The molecule has 15 heavy (non-hydrogen) atoms. The topological polar surface area (TPSA) is 48.0 Å². The van der Waals surface area contributed by atoms with Crippen molar-refractivity contribution in [3.05, 3.63) is 58.0 Å². The van der Waals surface area contributed by atoms with Gasteiger partial charge in [-0.1, -0.05) is 29.8 Å². The van der Waals surface area contributed by atoms with Crippen LogP contribution in [0.5, 0.6) is 0 Å². The second kappa shape index (κ2) is 3.79. The molecule has 0 spiro atoms. The minimum Gasteiger partial charge on any atom is -0.397 e. The number of rotatable bonds is 1. The van der Waals surface area contributed by atoms with Crippen LogP contribution in [0.25, 0.3) is 5.69 Å². The first-order chi connectivity index (χ1) is 7.18. The molecule has 0 aliphatic heterocycles. The van der Waals surface area contributed by atoms with Crippen molar-refractivity contribution < 1.29 is 0 Å². The highest BCUT2D eigenvalue weighted by molar-refractivity contribution is 6.32. The number of anilines is 1. The van der Waals surface area contributed by atoms with Crippen molar-refractivity contribution in [3.8, 4) is 5.69 Å². The van der Waals surface area contributed by atoms with Crippen molar-refractivity contribution in [3.63, 3.8) is 0 Å². The van der Waals surface area contributed by atoms with E-state index in [0.29, 0.717) is 10.7 Å². The molecule has 0 fully saturated rings. The zero-order valence-corrected chi connectivity index (χ0v) is 8.61. The lowest BCUT2D eigenvalue weighted by molar-refractivity contribution is 0.993. The van der Waals surface area contributed by atoms with Gasteiger partial charge >= 0.3 is 0 Å². The maximum atomic E-state index is 11.6. The predicted octanol–water partition coefficient (Wildman–Crippen LogP) is 2.07. The number of pyridine rings is 1. The van der Waals surface area contributed by atoms with Gasteiger partial charge in [-0.05, 0) is 12.1 Å². The summed E-state index contributed by atoms with van der Waals surface area (Å²) in [6.45, 7) is 0. The van der Waals surface area contributed by atoms with E-state index < -0.39 is 0 Å². The first-order valence-electron chi connectivity index (χ1n) is 4.41. The molecule has 1 heterocycles. The summed E-state index contributed by atoms with van der Waals surface area (Å²) in [5.74, 6) is 0. The fourth-order valence-electron chi connectivity index (χ4n) is 1.31. The maximum absolute atomic E-state index is 11.6. The third-order valence-corrected chi connectivity index (χ3v) is 2.38. The second-order valence-corrected chi connectivity index (χ2v) is 3.53. The van der Waals surface area contributed by atoms with Crippen molar-refractivity contribution in [2.24, 2.45) is 0 Å². The number of benzene rings is 1. The Morgan fingerprint density at radius 2 is 1.87 bits per heavy atom. The zero-order valence-electron chi connectivity index (χ0n) is 7.85. The largest absolute Gasteiger partial charge is 0.397 e. The molecule has 4 heteroatoms. The van der Waals surface area contributed by atoms with E-state index in [1.807, 2.05) is 30.3 Å². The number of para-hydroxylation sites is 1. The average molecular weight is 221 g/mol. The predicted molar refractivity (Wildman–Crippen MR) is 61.5 cm³/mol. The molecule has 1 aromatic carbocycles. The van der Waals surface area contributed by atoms with E-state index in [9.17, 15) is 4.79 Å². The molecule has 3 nitrogen and oxygen atoms in total. The van der Waals surface area contributed by atoms with Crippen molar-refractivity contribution >= 4 is 17.3 Å². The summed E-state index contributed by atoms with van der Waals surface area (Å²) >= 11 is 5.85. The molecule has 0 aliphatic rings. The van der Waals surface area contributed by atoms with E-state index in [1.54, 1.807) is 0 Å². The van der Waals surface area contributed by atoms with Gasteiger partial charge in [0, 0.05) is 18.0 Å². The van der Waals surface area contributed by atoms with Gasteiger partial charge in [-0.25, -0.2) is 0 Å². The molecule has 2 N–H and O–H groups in total. The number of nitrogens with two attached hydrogens (primary N) is 1. The van der Waals surface area contributed by atoms with E-state index in [2.05, 4.69) is 0 Å². The molecule has 1 aromatic heterocycles. The van der Waals surface area contributed by atoms with Gasteiger partial charge in [-0.3, -0.25) is 9.36 Å². The Morgan fingerprint density at radius 1 is 1.20 bits per heavy atom. The number of nitrogen functional groups attached to an aromatic ring is 1. The number of aromatic nitrogens is 1. The third kappa shape index (κ3) is 1.87. The Bertz CT molecular complexity index is 534. The molecule has 0 radical (unpaired) electrons. The summed E-state index contributed by atoms with van der Waals surface area (Å²) in [6.07, 6.45) is 1.52. The van der Waals surface area contributed by atoms with Crippen LogP contribution in [0.1, 0.15) is 0 Å². The normalized spacial score (nSPS) is 10.2. The summed E-state index contributed by atoms with van der Waals surface area (Å²) in [5.41, 5.74) is 6.40. The molecule has 0 aliphatic carbocycles. The monoisotopic (exact) mass is 220 g/mol. The van der Waals surface area contributed by atoms with E-state index in [0.717, 1.165) is 5.69 Å². The maximum Gasteiger partial charge on any atom is 0.257 e. The lowest BCUT2D eigenvalue weighted by atomic mass is 10.3. The highest BCUT2D eigenvalue weighted by Gasteiger charge is 2.03. The van der Waals surface area contributed by atoms with Crippen LogP contribution >= 0.6 is 11.6 Å². The van der Waals surface area contributed by atoms with Crippen LogP contribution in [0.2, 0.25) is 5.02 Å². The van der Waals surface area contributed by atoms with Crippen LogP contribution in [-0.4, -0.2) is 4.57 Å². The third-order valence-electron chi connectivity index (χ3n) is 2.07. The molecule has 0 atom stereocenters. The first-order valence-corrected chi connectivity index (χ1v) is 4.79. The van der Waals surface area contributed by atoms with Crippen LogP contribution in [0, 0.1) is 0 Å². The number of hydrogen-bond donors (Lipinski definition) is 1. The van der Waals surface area contributed by atoms with Crippen LogP contribution in [-0.2, 0) is 0 Å². The zero-order chi connectivity index (χ0) is 10.8. The number of halogens is 1. The Kier molecular flexibility index (Phi) is 2.47. The summed E-state index contributed by atoms with van der Waals surface area (Å²) < 4.78 is 1.46. The lowest BCUT2D eigenvalue weighted by Gasteiger charge is -2.06. The quantitative estimate of drug-likeness (QED) is 0.800.